The number of benzene rings is 10. The lowest BCUT2D eigenvalue weighted by molar-refractivity contribution is 0.409. The average Bonchev–Trinajstić information content (AvgIpc) is 4.35. The molecule has 2 aliphatic heterocycles. The van der Waals surface area contributed by atoms with Crippen LogP contribution in [0.2, 0.25) is 0 Å². The minimum Gasteiger partial charge on any atom is -0.350 e. The Morgan fingerprint density at radius 1 is 0.413 bits per heavy atom. The van der Waals surface area contributed by atoms with E-state index in [2.05, 4.69) is 256 Å². The first-order valence-electron chi connectivity index (χ1n) is 25.5. The number of thiophene rings is 1. The van der Waals surface area contributed by atoms with Gasteiger partial charge < -0.3 is 19.8 Å². The van der Waals surface area contributed by atoms with Gasteiger partial charge in [0.2, 0.25) is 0 Å². The van der Waals surface area contributed by atoms with Crippen LogP contribution in [0.15, 0.2) is 258 Å². The maximum absolute atomic E-state index is 5.67. The average molecular weight is 983 g/mol. The minimum atomic E-state index is -0.368. The Morgan fingerprint density at radius 2 is 0.960 bits per heavy atom. The second-order valence-electron chi connectivity index (χ2n) is 19.2. The molecule has 0 saturated carbocycles. The number of nitrogens with one attached hydrogen (secondary N) is 3. The lowest BCUT2D eigenvalue weighted by atomic mass is 10.0. The summed E-state index contributed by atoms with van der Waals surface area (Å²) in [6.45, 7) is 0. The van der Waals surface area contributed by atoms with Crippen LogP contribution in [0.25, 0.3) is 75.2 Å². The molecular weight excluding hydrogens is 937 g/mol. The molecule has 0 radical (unpaired) electrons. The van der Waals surface area contributed by atoms with Crippen molar-refractivity contribution in [2.45, 2.75) is 18.5 Å². The fourth-order valence-electron chi connectivity index (χ4n) is 11.5. The number of fused-ring (bicyclic) bond motifs is 12. The zero-order valence-corrected chi connectivity index (χ0v) is 41.3. The van der Waals surface area contributed by atoms with Crippen LogP contribution in [0.4, 0.5) is 0 Å². The van der Waals surface area contributed by atoms with Crippen LogP contribution < -0.4 is 16.0 Å². The second kappa shape index (κ2) is 17.7. The summed E-state index contributed by atoms with van der Waals surface area (Å²) >= 11 is 1.88. The highest BCUT2D eigenvalue weighted by Gasteiger charge is 2.32. The first-order chi connectivity index (χ1) is 37.2. The minimum absolute atomic E-state index is 0.270. The maximum atomic E-state index is 5.67. The molecule has 3 aromatic heterocycles. The summed E-state index contributed by atoms with van der Waals surface area (Å²) in [7, 11) is 0. The molecule has 0 fully saturated rings. The van der Waals surface area contributed by atoms with E-state index in [4.69, 9.17) is 15.0 Å². The van der Waals surface area contributed by atoms with E-state index in [9.17, 15) is 0 Å². The summed E-state index contributed by atoms with van der Waals surface area (Å²) in [5.41, 5.74) is 12.7. The van der Waals surface area contributed by atoms with Crippen molar-refractivity contribution >= 4 is 92.6 Å². The van der Waals surface area contributed by atoms with Crippen LogP contribution in [-0.4, -0.2) is 26.6 Å². The molecule has 0 amide bonds. The third-order valence-corrected chi connectivity index (χ3v) is 16.0. The number of amidine groups is 3. The Kier molecular flexibility index (Phi) is 10.2. The zero-order chi connectivity index (χ0) is 49.4. The van der Waals surface area contributed by atoms with Gasteiger partial charge in [-0.05, 0) is 65.2 Å². The number of aromatic nitrogens is 2. The predicted molar refractivity (Wildman–Crippen MR) is 311 cm³/mol. The summed E-state index contributed by atoms with van der Waals surface area (Å²) in [5.74, 6) is 2.15. The monoisotopic (exact) mass is 982 g/mol. The van der Waals surface area contributed by atoms with Crippen LogP contribution in [0, 0.1) is 0 Å². The lowest BCUT2D eigenvalue weighted by Crippen LogP contribution is -2.45. The van der Waals surface area contributed by atoms with Crippen molar-refractivity contribution in [3.05, 3.63) is 276 Å². The van der Waals surface area contributed by atoms with Crippen LogP contribution in [0.1, 0.15) is 51.9 Å². The molecule has 2 aliphatic rings. The van der Waals surface area contributed by atoms with Gasteiger partial charge in [0.1, 0.15) is 30.2 Å². The summed E-state index contributed by atoms with van der Waals surface area (Å²) in [4.78, 5) is 16.4. The van der Waals surface area contributed by atoms with Gasteiger partial charge in [-0.15, -0.1) is 11.3 Å². The summed E-state index contributed by atoms with van der Waals surface area (Å²) in [6.07, 6.45) is -1.00. The number of rotatable bonds is 8. The molecule has 8 nitrogen and oxygen atoms in total. The molecule has 15 rings (SSSR count). The Balaban J connectivity index is 1.07. The normalized spacial score (nSPS) is 16.8. The Hall–Kier alpha value is -9.41. The molecule has 75 heavy (non-hydrogen) atoms. The van der Waals surface area contributed by atoms with E-state index in [1.807, 2.05) is 23.5 Å². The van der Waals surface area contributed by atoms with Crippen LogP contribution >= 0.6 is 11.3 Å². The fourth-order valence-corrected chi connectivity index (χ4v) is 12.7. The fraction of sp³-hybridized carbons (Fsp3) is 0.0455. The molecule has 9 heteroatoms. The van der Waals surface area contributed by atoms with E-state index < -0.39 is 0 Å². The molecule has 0 bridgehead atoms. The molecule has 0 spiro atoms. The lowest BCUT2D eigenvalue weighted by Gasteiger charge is -2.33. The summed E-state index contributed by atoms with van der Waals surface area (Å²) < 4.78 is 7.53. The van der Waals surface area contributed by atoms with E-state index in [1.165, 1.54) is 47.2 Å². The van der Waals surface area contributed by atoms with Crippen molar-refractivity contribution in [2.24, 2.45) is 15.0 Å². The molecule has 0 aliphatic carbocycles. The summed E-state index contributed by atoms with van der Waals surface area (Å²) in [5, 5.41) is 18.8. The van der Waals surface area contributed by atoms with E-state index in [0.717, 1.165) is 73.0 Å². The highest BCUT2D eigenvalue weighted by atomic mass is 32.1. The first kappa shape index (κ1) is 43.2. The van der Waals surface area contributed by atoms with E-state index in [0.29, 0.717) is 5.84 Å². The van der Waals surface area contributed by atoms with Crippen LogP contribution in [-0.2, 0) is 0 Å². The Bertz CT molecular complexity index is 4440. The van der Waals surface area contributed by atoms with Crippen molar-refractivity contribution in [3.8, 4) is 11.4 Å². The second-order valence-corrected chi connectivity index (χ2v) is 20.3. The van der Waals surface area contributed by atoms with E-state index in [1.54, 1.807) is 0 Å². The number of aliphatic imine (C=N–C) groups is 3. The number of hydrogen-bond donors (Lipinski definition) is 3. The van der Waals surface area contributed by atoms with Crippen molar-refractivity contribution in [1.29, 1.82) is 0 Å². The van der Waals surface area contributed by atoms with Gasteiger partial charge in [-0.25, -0.2) is 15.0 Å². The molecular formula is C66H46N8S. The largest absolute Gasteiger partial charge is 0.350 e. The Morgan fingerprint density at radius 3 is 1.67 bits per heavy atom. The third-order valence-electron chi connectivity index (χ3n) is 14.8. The van der Waals surface area contributed by atoms with Crippen molar-refractivity contribution in [2.75, 3.05) is 0 Å². The molecule has 10 aromatic carbocycles. The zero-order valence-electron chi connectivity index (χ0n) is 40.5. The van der Waals surface area contributed by atoms with Gasteiger partial charge in [-0.2, -0.15) is 0 Å². The maximum Gasteiger partial charge on any atom is 0.159 e. The van der Waals surface area contributed by atoms with Crippen molar-refractivity contribution < 1.29 is 0 Å². The standard InChI is InChI=1S/C66H46N8S/c1-6-22-41(23-7-1)61-67-62(42-24-8-2-9-25-42)70-65(69-61)45-38-39-53(50(40-45)66-71-63(43-26-10-3-11-27-43)68-64(72-66)44-28-12-4-13-29-44)74-52-36-20-17-33-48(52)56-59(74)55-47-32-16-19-35-51(47)73(46-30-14-5-15-31-46)58(55)57-49-34-18-21-37-54(49)75-60(56)57/h1-40,61,63-64,68H,(H,71,72)(H,67,69,70). The summed E-state index contributed by atoms with van der Waals surface area (Å²) in [6, 6.07) is 86.2. The molecule has 13 aromatic rings. The van der Waals surface area contributed by atoms with Gasteiger partial charge in [-0.3, -0.25) is 5.32 Å². The first-order valence-corrected chi connectivity index (χ1v) is 26.3. The molecule has 3 unspecified atom stereocenters. The van der Waals surface area contributed by atoms with Gasteiger partial charge in [-0.1, -0.05) is 194 Å². The van der Waals surface area contributed by atoms with Crippen molar-refractivity contribution in [1.82, 2.24) is 25.1 Å². The third kappa shape index (κ3) is 7.11. The number of para-hydroxylation sites is 3. The smallest absolute Gasteiger partial charge is 0.159 e. The van der Waals surface area contributed by atoms with E-state index >= 15 is 0 Å². The van der Waals surface area contributed by atoms with Gasteiger partial charge in [0, 0.05) is 64.1 Å². The number of nitrogens with zero attached hydrogens (tertiary/aromatic N) is 5. The van der Waals surface area contributed by atoms with Gasteiger partial charge >= 0.3 is 0 Å². The molecule has 0 saturated heterocycles. The van der Waals surface area contributed by atoms with Gasteiger partial charge in [0.25, 0.3) is 0 Å². The molecule has 3 N–H and O–H groups in total. The predicted octanol–water partition coefficient (Wildman–Crippen LogP) is 15.1. The SMILES string of the molecule is c1ccc(C2=NC(c3ccc(-n4c5ccccc5c5c6sc7ccccc7c6c6c(c7ccccc7n6-c6ccccc6)c54)c(C4=NC(c5ccccc5)NC(c5ccccc5)N4)c3)=NC(c3ccccc3)N2)cc1. The number of hydrogen-bond acceptors (Lipinski definition) is 7. The van der Waals surface area contributed by atoms with Crippen LogP contribution in [0.3, 0.4) is 0 Å². The highest BCUT2D eigenvalue weighted by Crippen LogP contribution is 2.51. The molecule has 5 heterocycles. The quantitative estimate of drug-likeness (QED) is 0.142. The topological polar surface area (TPSA) is 83.0 Å². The van der Waals surface area contributed by atoms with Gasteiger partial charge in [0.05, 0.1) is 27.8 Å². The van der Waals surface area contributed by atoms with Crippen LogP contribution in [0.5, 0.6) is 0 Å². The molecule has 356 valence electrons. The highest BCUT2D eigenvalue weighted by molar-refractivity contribution is 7.27. The Labute approximate surface area is 436 Å². The van der Waals surface area contributed by atoms with Gasteiger partial charge in [0.15, 0.2) is 5.84 Å². The molecule has 3 atom stereocenters. The van der Waals surface area contributed by atoms with Crippen molar-refractivity contribution in [3.63, 3.8) is 0 Å². The van der Waals surface area contributed by atoms with E-state index in [-0.39, 0.29) is 18.5 Å².